The van der Waals surface area contributed by atoms with Crippen LogP contribution in [0.5, 0.6) is 11.5 Å². The van der Waals surface area contributed by atoms with E-state index < -0.39 is 17.7 Å². The number of Topliss-reactive ketones (excluding diaryl/α,β-unsaturated/α-hetero) is 1. The van der Waals surface area contributed by atoms with E-state index in [1.54, 1.807) is 30.3 Å². The third kappa shape index (κ3) is 5.37. The average Bonchev–Trinajstić information content (AvgIpc) is 3.58. The summed E-state index contributed by atoms with van der Waals surface area (Å²) in [5, 5.41) is 20.2. The molecule has 2 aliphatic heterocycles. The van der Waals surface area contributed by atoms with Crippen molar-refractivity contribution in [2.75, 3.05) is 18.1 Å². The molecule has 1 atom stereocenters. The number of benzene rings is 3. The van der Waals surface area contributed by atoms with Gasteiger partial charge in [-0.2, -0.15) is 0 Å². The van der Waals surface area contributed by atoms with Gasteiger partial charge in [-0.3, -0.25) is 14.5 Å². The lowest BCUT2D eigenvalue weighted by Gasteiger charge is -2.23. The predicted molar refractivity (Wildman–Crippen MR) is 159 cm³/mol. The van der Waals surface area contributed by atoms with Gasteiger partial charge in [-0.05, 0) is 52.9 Å². The van der Waals surface area contributed by atoms with Crippen molar-refractivity contribution >= 4 is 45.7 Å². The van der Waals surface area contributed by atoms with Crippen molar-refractivity contribution in [1.29, 1.82) is 0 Å². The molecule has 6 rings (SSSR count). The first-order valence-corrected chi connectivity index (χ1v) is 15.1. The molecule has 214 valence electrons. The number of amides is 1. The molecule has 1 N–H and O–H groups in total. The fraction of sp³-hybridized carbons (Fsp3) is 0.226. The Morgan fingerprint density at radius 1 is 1.02 bits per heavy atom. The van der Waals surface area contributed by atoms with Gasteiger partial charge in [0, 0.05) is 11.3 Å². The van der Waals surface area contributed by atoms with Gasteiger partial charge in [-0.1, -0.05) is 73.3 Å². The number of aliphatic hydroxyl groups excluding tert-OH is 1. The normalized spacial score (nSPS) is 17.7. The fourth-order valence-electron chi connectivity index (χ4n) is 4.84. The number of rotatable bonds is 7. The number of nitrogens with zero attached hydrogens (tertiary/aromatic N) is 3. The molecule has 0 aliphatic carbocycles. The monoisotopic (exact) mass is 603 g/mol. The molecule has 11 heteroatoms. The number of ketones is 1. The first-order chi connectivity index (χ1) is 20.3. The lowest BCUT2D eigenvalue weighted by Crippen LogP contribution is -2.29. The van der Waals surface area contributed by atoms with E-state index in [1.165, 1.54) is 40.1 Å². The second-order valence-corrected chi connectivity index (χ2v) is 12.3. The number of fused-ring (bicyclic) bond motifs is 1. The minimum absolute atomic E-state index is 0.0512. The third-order valence-corrected chi connectivity index (χ3v) is 9.18. The van der Waals surface area contributed by atoms with Gasteiger partial charge in [0.15, 0.2) is 15.8 Å². The van der Waals surface area contributed by atoms with Crippen molar-refractivity contribution in [3.05, 3.63) is 100 Å². The minimum Gasteiger partial charge on any atom is -0.507 e. The van der Waals surface area contributed by atoms with Crippen molar-refractivity contribution < 1.29 is 28.6 Å². The molecular weight excluding hydrogens is 577 g/mol. The third-order valence-electron chi connectivity index (χ3n) is 7.06. The Kier molecular flexibility index (Phi) is 7.70. The maximum atomic E-state index is 13.6. The van der Waals surface area contributed by atoms with Crippen LogP contribution < -0.4 is 14.4 Å². The van der Waals surface area contributed by atoms with Crippen molar-refractivity contribution in [3.63, 3.8) is 0 Å². The summed E-state index contributed by atoms with van der Waals surface area (Å²) in [6.07, 6.45) is 0. The van der Waals surface area contributed by atoms with E-state index in [4.69, 9.17) is 9.47 Å². The predicted octanol–water partition coefficient (Wildman–Crippen LogP) is 6.49. The van der Waals surface area contributed by atoms with Crippen molar-refractivity contribution in [1.82, 2.24) is 10.2 Å². The van der Waals surface area contributed by atoms with Gasteiger partial charge in [0.05, 0.1) is 11.6 Å². The number of halogens is 1. The molecule has 1 amide bonds. The van der Waals surface area contributed by atoms with Crippen LogP contribution in [0.15, 0.2) is 76.6 Å². The summed E-state index contributed by atoms with van der Waals surface area (Å²) in [5.41, 5.74) is 2.92. The van der Waals surface area contributed by atoms with Crippen LogP contribution in [0.3, 0.4) is 0 Å². The molecule has 3 aromatic carbocycles. The Hall–Kier alpha value is -4.22. The first kappa shape index (κ1) is 27.9. The Morgan fingerprint density at radius 2 is 1.74 bits per heavy atom. The van der Waals surface area contributed by atoms with Crippen LogP contribution in [-0.2, 0) is 15.3 Å². The smallest absolute Gasteiger partial charge is 0.301 e. The van der Waals surface area contributed by atoms with Gasteiger partial charge in [0.1, 0.15) is 24.8 Å². The number of hydrogen-bond acceptors (Lipinski definition) is 9. The Labute approximate surface area is 249 Å². The van der Waals surface area contributed by atoms with E-state index in [1.807, 2.05) is 24.3 Å². The molecule has 0 radical (unpaired) electrons. The topological polar surface area (TPSA) is 102 Å². The Balaban J connectivity index is 1.39. The van der Waals surface area contributed by atoms with Gasteiger partial charge in [0.25, 0.3) is 5.78 Å². The van der Waals surface area contributed by atoms with E-state index in [0.717, 1.165) is 11.1 Å². The summed E-state index contributed by atoms with van der Waals surface area (Å²) in [6, 6.07) is 17.8. The highest BCUT2D eigenvalue weighted by Gasteiger charge is 2.48. The largest absolute Gasteiger partial charge is 0.507 e. The van der Waals surface area contributed by atoms with Crippen LogP contribution in [0.2, 0.25) is 0 Å². The summed E-state index contributed by atoms with van der Waals surface area (Å²) in [4.78, 5) is 28.4. The highest BCUT2D eigenvalue weighted by molar-refractivity contribution is 8.00. The quantitative estimate of drug-likeness (QED) is 0.0841. The van der Waals surface area contributed by atoms with Gasteiger partial charge < -0.3 is 14.6 Å². The van der Waals surface area contributed by atoms with Crippen molar-refractivity contribution in [2.24, 2.45) is 0 Å². The zero-order valence-electron chi connectivity index (χ0n) is 22.7. The van der Waals surface area contributed by atoms with Gasteiger partial charge >= 0.3 is 5.91 Å². The second kappa shape index (κ2) is 11.6. The standard InChI is InChI=1S/C31H26FN3O5S2/c1-17(2)19-5-7-20(8-6-19)26-25(27(36)21-9-12-23-24(15-21)40-14-13-39-23)28(37)29(38)35(26)30-33-34-31(42-30)41-16-18-3-10-22(32)11-4-18/h3-12,15,17,26,36H,13-14,16H2,1-2H3/b27-25+. The molecule has 0 bridgehead atoms. The number of carbonyl (C=O) groups excluding carboxylic acids is 2. The maximum Gasteiger partial charge on any atom is 0.301 e. The number of carbonyl (C=O) groups is 2. The summed E-state index contributed by atoms with van der Waals surface area (Å²) in [6.45, 7) is 4.94. The number of hydrogen-bond donors (Lipinski definition) is 1. The highest BCUT2D eigenvalue weighted by Crippen LogP contribution is 2.45. The molecule has 2 aliphatic rings. The van der Waals surface area contributed by atoms with Gasteiger partial charge in [0.2, 0.25) is 5.13 Å². The van der Waals surface area contributed by atoms with Crippen LogP contribution in [0.1, 0.15) is 48.1 Å². The number of ether oxygens (including phenoxy) is 2. The Morgan fingerprint density at radius 3 is 2.45 bits per heavy atom. The van der Waals surface area contributed by atoms with Crippen molar-refractivity contribution in [3.8, 4) is 11.5 Å². The van der Waals surface area contributed by atoms with Crippen LogP contribution in [0, 0.1) is 5.82 Å². The number of aliphatic hydroxyl groups is 1. The fourth-order valence-corrected chi connectivity index (χ4v) is 6.66. The summed E-state index contributed by atoms with van der Waals surface area (Å²) < 4.78 is 25.1. The molecule has 3 heterocycles. The minimum atomic E-state index is -0.928. The van der Waals surface area contributed by atoms with Crippen LogP contribution in [0.25, 0.3) is 5.76 Å². The van der Waals surface area contributed by atoms with E-state index in [-0.39, 0.29) is 28.2 Å². The van der Waals surface area contributed by atoms with Crippen LogP contribution in [0.4, 0.5) is 9.52 Å². The Bertz CT molecular complexity index is 1690. The van der Waals surface area contributed by atoms with Crippen molar-refractivity contribution in [2.45, 2.75) is 35.9 Å². The van der Waals surface area contributed by atoms with E-state index in [0.29, 0.717) is 45.9 Å². The summed E-state index contributed by atoms with van der Waals surface area (Å²) >= 11 is 2.56. The summed E-state index contributed by atoms with van der Waals surface area (Å²) in [5.74, 6) is -0.460. The second-order valence-electron chi connectivity index (χ2n) is 10.1. The molecule has 4 aromatic rings. The summed E-state index contributed by atoms with van der Waals surface area (Å²) in [7, 11) is 0. The number of anilines is 1. The molecule has 0 spiro atoms. The molecule has 8 nitrogen and oxygen atoms in total. The zero-order chi connectivity index (χ0) is 29.4. The van der Waals surface area contributed by atoms with Crippen LogP contribution in [-0.4, -0.2) is 40.2 Å². The van der Waals surface area contributed by atoms with E-state index in [2.05, 4.69) is 24.0 Å². The van der Waals surface area contributed by atoms with Gasteiger partial charge in [-0.25, -0.2) is 4.39 Å². The molecule has 1 unspecified atom stereocenters. The zero-order valence-corrected chi connectivity index (χ0v) is 24.4. The van der Waals surface area contributed by atoms with Gasteiger partial charge in [-0.15, -0.1) is 10.2 Å². The van der Waals surface area contributed by atoms with E-state index in [9.17, 15) is 19.1 Å². The maximum absolute atomic E-state index is 13.6. The van der Waals surface area contributed by atoms with Crippen LogP contribution >= 0.6 is 23.1 Å². The highest BCUT2D eigenvalue weighted by atomic mass is 32.2. The number of thioether (sulfide) groups is 1. The molecule has 0 saturated carbocycles. The first-order valence-electron chi connectivity index (χ1n) is 13.3. The van der Waals surface area contributed by atoms with E-state index >= 15 is 0 Å². The molecule has 1 fully saturated rings. The lowest BCUT2D eigenvalue weighted by molar-refractivity contribution is -0.132. The molecule has 42 heavy (non-hydrogen) atoms. The lowest BCUT2D eigenvalue weighted by atomic mass is 9.93. The average molecular weight is 604 g/mol. The molecule has 1 saturated heterocycles. The molecular formula is C31H26FN3O5S2. The SMILES string of the molecule is CC(C)c1ccc(C2/C(=C(\O)c3ccc4c(c3)OCCO4)C(=O)C(=O)N2c2nnc(SCc3ccc(F)cc3)s2)cc1. The molecule has 1 aromatic heterocycles. The number of aromatic nitrogens is 2.